The van der Waals surface area contributed by atoms with Crippen molar-refractivity contribution in [2.75, 3.05) is 9.80 Å². The van der Waals surface area contributed by atoms with Gasteiger partial charge in [0.15, 0.2) is 0 Å². The Balaban J connectivity index is 1.02. The van der Waals surface area contributed by atoms with E-state index in [0.29, 0.717) is 55.4 Å². The second-order valence-electron chi connectivity index (χ2n) is 30.2. The molecule has 522 valence electrons. The van der Waals surface area contributed by atoms with Crippen LogP contribution in [-0.2, 0) is 10.8 Å². The van der Waals surface area contributed by atoms with Crippen molar-refractivity contribution in [1.82, 2.24) is 18.3 Å². The van der Waals surface area contributed by atoms with Crippen molar-refractivity contribution < 1.29 is 27.4 Å². The summed E-state index contributed by atoms with van der Waals surface area (Å²) in [5, 5.41) is 37.9. The van der Waals surface area contributed by atoms with Crippen molar-refractivity contribution in [2.45, 2.75) is 52.4 Å². The van der Waals surface area contributed by atoms with Crippen molar-refractivity contribution in [3.05, 3.63) is 343 Å². The molecule has 0 aliphatic carbocycles. The fraction of sp³-hybridized carbons (Fsp3) is 0.0792. The summed E-state index contributed by atoms with van der Waals surface area (Å²) in [6, 6.07) is 53.7. The minimum Gasteiger partial charge on any atom is -0.311 e. The van der Waals surface area contributed by atoms with E-state index in [4.69, 9.17) is 2.74 Å². The Labute approximate surface area is 671 Å². The van der Waals surface area contributed by atoms with Gasteiger partial charge in [-0.1, -0.05) is 241 Å². The summed E-state index contributed by atoms with van der Waals surface area (Å²) in [4.78, 5) is 3.68. The van der Waals surface area contributed by atoms with Crippen molar-refractivity contribution in [3.8, 4) is 63.2 Å². The molecule has 2 aliphatic rings. The number of nitrogens with zero attached hydrogens (tertiary/aromatic N) is 9. The lowest BCUT2D eigenvalue weighted by molar-refractivity contribution is 0.569. The molecule has 0 saturated heterocycles. The van der Waals surface area contributed by atoms with Crippen LogP contribution in [0, 0.1) is 34.0 Å². The zero-order valence-corrected chi connectivity index (χ0v) is 60.6. The first kappa shape index (κ1) is 47.3. The Morgan fingerprint density at radius 3 is 1.37 bits per heavy atom. The van der Waals surface area contributed by atoms with Crippen LogP contribution in [0.4, 0.5) is 34.1 Å². The summed E-state index contributed by atoms with van der Waals surface area (Å²) in [5.41, 5.74) is 5.93. The first-order chi connectivity index (χ1) is 62.6. The van der Waals surface area contributed by atoms with Crippen LogP contribution in [-0.4, -0.2) is 25.0 Å². The molecule has 0 fully saturated rings. The molecule has 10 heteroatoms. The van der Waals surface area contributed by atoms with Crippen LogP contribution < -0.4 is 26.2 Å². The minimum atomic E-state index is -1.10. The predicted octanol–water partition coefficient (Wildman–Crippen LogP) is 23.7. The van der Waals surface area contributed by atoms with E-state index in [9.17, 15) is 40.5 Å². The molecule has 4 aromatic heterocycles. The van der Waals surface area contributed by atoms with Gasteiger partial charge in [-0.2, -0.15) is 15.8 Å². The topological polar surface area (TPSA) is 97.6 Å². The molecule has 9 nitrogen and oxygen atoms in total. The van der Waals surface area contributed by atoms with Crippen LogP contribution in [0.25, 0.3) is 132 Å². The molecule has 0 spiro atoms. The van der Waals surface area contributed by atoms with Gasteiger partial charge in [0.2, 0.25) is 0 Å². The highest BCUT2D eigenvalue weighted by Crippen LogP contribution is 2.53. The number of rotatable bonds is 8. The molecule has 19 aromatic rings. The Morgan fingerprint density at radius 2 is 0.811 bits per heavy atom. The third-order valence-corrected chi connectivity index (χ3v) is 22.1. The number of fused-ring (bicyclic) bond motifs is 16. The smallest absolute Gasteiger partial charge is 0.252 e. The predicted molar refractivity (Wildman–Crippen MR) is 460 cm³/mol. The molecule has 0 N–H and O–H groups in total. The highest BCUT2D eigenvalue weighted by atomic mass is 15.2. The van der Waals surface area contributed by atoms with E-state index in [0.717, 1.165) is 38.2 Å². The van der Waals surface area contributed by atoms with E-state index in [2.05, 4.69) is 71.9 Å². The van der Waals surface area contributed by atoms with Gasteiger partial charge >= 0.3 is 0 Å². The molecular formula is C101H70BN9. The van der Waals surface area contributed by atoms with Gasteiger partial charge in [-0.15, -0.1) is 0 Å². The molecule has 15 aromatic carbocycles. The van der Waals surface area contributed by atoms with Crippen molar-refractivity contribution in [1.29, 1.82) is 15.8 Å². The Bertz CT molecular complexity index is 8420. The van der Waals surface area contributed by atoms with Gasteiger partial charge in [0, 0.05) is 77.1 Å². The molecule has 2 aliphatic heterocycles. The normalized spacial score (nSPS) is 15.2. The first-order valence-electron chi connectivity index (χ1n) is 46.4. The molecule has 0 unspecified atom stereocenters. The quantitative estimate of drug-likeness (QED) is 0.141. The molecular weight excluding hydrogens is 1350 g/mol. The SMILES string of the molecule is [2H]c1c([2H])c([2H])c(-c2c(N3c4cc(-c5cc(C(C)(C)C)cc(C(C)(C)C)c5)ccc4B4c5ccc(-n6c7c([2H])c([2H])c([2H])c([2H])c7c7c([2H])c([2H])c([2H])c([2H])c76)cc5N(c5cccc(-n6c7ccccc7c7ccccc76)c5C#N)c5cc(-n6c7c([2H])c([2H])c([2H])c([2H])c7c7c([2H])c(C#N)c([2H])c([2H])c76)cc3c54)ccc(C#N)c2-n2c3ccccc3c3ccccc32)c([2H])c1[2H]. The van der Waals surface area contributed by atoms with Gasteiger partial charge in [0.1, 0.15) is 17.7 Å². The standard InChI is InChI=1S/C101H70BN9/c1-100(2,3)67-52-66(53-68(55-67)101(4,5)6)64-44-47-80-93(54-64)110(92-50-45-65(60-104)99(97(92)63-25-8-7-9-26-63)111-87-39-22-14-31-75(87)76-32-15-23-40-88(76)111)96-58-70(107-84-36-19-16-33-77(84)78-51-62(59-103)43-49-91(78)107)57-95-98(96)102(80)81-48-46-69(106-82-34-17-10-27-71(82)72-28-11-18-35-83(72)106)56-94(81)109(95)90-42-24-41-89(79(90)61-105)108-85-37-20-12-29-73(85)74-30-13-21-38-86(74)108/h7-58H,1-6H3/i7D,8D,9D,10D,11D,16D,17D,18D,19D,25D,26D,27D,28D,33D,34D,35D,36D,43D,49D,51D. The molecule has 0 amide bonds. The third kappa shape index (κ3) is 9.66. The number of anilines is 6. The number of benzene rings is 15. The van der Waals surface area contributed by atoms with Crippen LogP contribution in [0.5, 0.6) is 0 Å². The van der Waals surface area contributed by atoms with E-state index in [1.54, 1.807) is 59.5 Å². The number of hydrogen-bond acceptors (Lipinski definition) is 5. The number of nitriles is 3. The summed E-state index contributed by atoms with van der Waals surface area (Å²) in [6.07, 6.45) is 0. The summed E-state index contributed by atoms with van der Waals surface area (Å²) >= 11 is 0. The highest BCUT2D eigenvalue weighted by molar-refractivity contribution is 7.00. The van der Waals surface area contributed by atoms with Gasteiger partial charge in [-0.05, 0) is 170 Å². The largest absolute Gasteiger partial charge is 0.311 e. The Morgan fingerprint density at radius 1 is 0.324 bits per heavy atom. The van der Waals surface area contributed by atoms with E-state index >= 15 is 0 Å². The van der Waals surface area contributed by atoms with E-state index in [1.807, 2.05) is 141 Å². The monoisotopic (exact) mass is 1440 g/mol. The molecule has 6 heterocycles. The molecule has 111 heavy (non-hydrogen) atoms. The number of para-hydroxylation sites is 7. The summed E-state index contributed by atoms with van der Waals surface area (Å²) in [5.74, 6) is 0. The summed E-state index contributed by atoms with van der Waals surface area (Å²) in [6.45, 7) is 11.6. The summed E-state index contributed by atoms with van der Waals surface area (Å²) in [7, 11) is 0. The fourth-order valence-electron chi connectivity index (χ4n) is 17.2. The number of aromatic nitrogens is 4. The lowest BCUT2D eigenvalue weighted by atomic mass is 9.33. The maximum Gasteiger partial charge on any atom is 0.252 e. The van der Waals surface area contributed by atoms with Gasteiger partial charge < -0.3 is 28.1 Å². The highest BCUT2D eigenvalue weighted by Gasteiger charge is 2.46. The van der Waals surface area contributed by atoms with E-state index in [1.165, 1.54) is 9.13 Å². The Kier molecular flexibility index (Phi) is 10.4. The fourth-order valence-corrected chi connectivity index (χ4v) is 17.2. The zero-order valence-electron chi connectivity index (χ0n) is 80.6. The van der Waals surface area contributed by atoms with Crippen LogP contribution >= 0.6 is 0 Å². The van der Waals surface area contributed by atoms with Gasteiger partial charge in [0.25, 0.3) is 6.71 Å². The van der Waals surface area contributed by atoms with E-state index < -0.39 is 144 Å². The average Bonchev–Trinajstić information content (AvgIpc) is 1.43. The van der Waals surface area contributed by atoms with Gasteiger partial charge in [-0.3, -0.25) is 0 Å². The zero-order chi connectivity index (χ0) is 92.3. The van der Waals surface area contributed by atoms with Crippen LogP contribution in [0.1, 0.15) is 96.8 Å². The molecule has 0 saturated carbocycles. The molecule has 0 bridgehead atoms. The maximum atomic E-state index is 12.7. The van der Waals surface area contributed by atoms with Crippen molar-refractivity contribution >= 4 is 144 Å². The van der Waals surface area contributed by atoms with Crippen molar-refractivity contribution in [2.24, 2.45) is 0 Å². The molecule has 0 atom stereocenters. The Hall–Kier alpha value is -14.4. The summed E-state index contributed by atoms with van der Waals surface area (Å²) < 4.78 is 201. The molecule has 21 rings (SSSR count). The second-order valence-corrected chi connectivity index (χ2v) is 30.2. The van der Waals surface area contributed by atoms with Gasteiger partial charge in [-0.25, -0.2) is 0 Å². The van der Waals surface area contributed by atoms with E-state index in [-0.39, 0.29) is 111 Å². The van der Waals surface area contributed by atoms with Crippen LogP contribution in [0.2, 0.25) is 0 Å². The minimum absolute atomic E-state index is 0.00982. The van der Waals surface area contributed by atoms with Gasteiger partial charge in [0.05, 0.1) is 117 Å². The molecule has 0 radical (unpaired) electrons. The average molecular weight is 1440 g/mol. The maximum absolute atomic E-state index is 12.7. The first-order valence-corrected chi connectivity index (χ1v) is 36.4. The lowest BCUT2D eigenvalue weighted by Gasteiger charge is -2.45. The number of hydrogen-bond donors (Lipinski definition) is 0. The third-order valence-electron chi connectivity index (χ3n) is 22.1. The van der Waals surface area contributed by atoms with Crippen LogP contribution in [0.3, 0.4) is 0 Å². The lowest BCUT2D eigenvalue weighted by Crippen LogP contribution is -2.61. The second kappa shape index (κ2) is 24.3. The van der Waals surface area contributed by atoms with Crippen LogP contribution in [0.15, 0.2) is 315 Å². The van der Waals surface area contributed by atoms with Crippen molar-refractivity contribution in [3.63, 3.8) is 0 Å².